The monoisotopic (exact) mass is 389 g/mol. The number of anilines is 2. The van der Waals surface area contributed by atoms with Gasteiger partial charge in [-0.15, -0.1) is 11.3 Å². The third-order valence-corrected chi connectivity index (χ3v) is 5.85. The standard InChI is InChI=1S/C23H23N3OS/c1-3-19-14-20-22(24-18-11-7-10-17(13-18)15(2)27)25-21(26-23(20)28-19)12-16-8-5-4-6-9-16/h4-11,13-15,27H,3,12H2,1-2H3,(H,24,25,26). The van der Waals surface area contributed by atoms with E-state index >= 15 is 0 Å². The summed E-state index contributed by atoms with van der Waals surface area (Å²) in [7, 11) is 0. The number of hydrogen-bond acceptors (Lipinski definition) is 5. The molecule has 0 fully saturated rings. The molecule has 142 valence electrons. The summed E-state index contributed by atoms with van der Waals surface area (Å²) in [5.74, 6) is 1.62. The van der Waals surface area contributed by atoms with Crippen LogP contribution in [0.1, 0.15) is 41.8 Å². The van der Waals surface area contributed by atoms with Crippen molar-refractivity contribution in [3.05, 3.63) is 82.5 Å². The molecular formula is C23H23N3OS. The van der Waals surface area contributed by atoms with Crippen LogP contribution in [0.2, 0.25) is 0 Å². The minimum atomic E-state index is -0.506. The Kier molecular flexibility index (Phi) is 5.37. The summed E-state index contributed by atoms with van der Waals surface area (Å²) in [5, 5.41) is 14.4. The second kappa shape index (κ2) is 8.09. The van der Waals surface area contributed by atoms with Crippen molar-refractivity contribution >= 4 is 33.1 Å². The molecule has 0 radical (unpaired) electrons. The van der Waals surface area contributed by atoms with Crippen molar-refractivity contribution in [1.29, 1.82) is 0 Å². The van der Waals surface area contributed by atoms with Crippen LogP contribution in [-0.2, 0) is 12.8 Å². The van der Waals surface area contributed by atoms with Crippen LogP contribution in [0.3, 0.4) is 0 Å². The summed E-state index contributed by atoms with van der Waals surface area (Å²) in [5.41, 5.74) is 2.98. The molecule has 0 aliphatic heterocycles. The quantitative estimate of drug-likeness (QED) is 0.448. The highest BCUT2D eigenvalue weighted by molar-refractivity contribution is 7.18. The first-order chi connectivity index (χ1) is 13.6. The Morgan fingerprint density at radius 1 is 1.04 bits per heavy atom. The van der Waals surface area contributed by atoms with Gasteiger partial charge in [0.2, 0.25) is 0 Å². The fourth-order valence-electron chi connectivity index (χ4n) is 3.16. The zero-order chi connectivity index (χ0) is 19.5. The first kappa shape index (κ1) is 18.6. The van der Waals surface area contributed by atoms with Crippen LogP contribution in [0.25, 0.3) is 10.2 Å². The molecule has 0 aliphatic rings. The first-order valence-corrected chi connectivity index (χ1v) is 10.3. The molecule has 2 heterocycles. The molecule has 1 atom stereocenters. The molecule has 0 bridgehead atoms. The van der Waals surface area contributed by atoms with Crippen molar-refractivity contribution < 1.29 is 5.11 Å². The average molecular weight is 390 g/mol. The van der Waals surface area contributed by atoms with Gasteiger partial charge in [-0.2, -0.15) is 0 Å². The molecule has 4 rings (SSSR count). The van der Waals surface area contributed by atoms with E-state index in [1.165, 1.54) is 10.4 Å². The summed E-state index contributed by atoms with van der Waals surface area (Å²) in [6.07, 6.45) is 1.17. The number of thiophene rings is 1. The number of hydrogen-bond donors (Lipinski definition) is 2. The van der Waals surface area contributed by atoms with Crippen LogP contribution in [0.15, 0.2) is 60.7 Å². The number of aryl methyl sites for hydroxylation is 1. The highest BCUT2D eigenvalue weighted by atomic mass is 32.1. The summed E-state index contributed by atoms with van der Waals surface area (Å²) in [6.45, 7) is 3.93. The van der Waals surface area contributed by atoms with E-state index < -0.39 is 6.10 Å². The lowest BCUT2D eigenvalue weighted by Gasteiger charge is -2.11. The van der Waals surface area contributed by atoms with Gasteiger partial charge in [-0.25, -0.2) is 9.97 Å². The molecule has 0 aliphatic carbocycles. The third-order valence-electron chi connectivity index (χ3n) is 4.68. The molecule has 0 saturated heterocycles. The summed E-state index contributed by atoms with van der Waals surface area (Å²) in [4.78, 5) is 12.0. The van der Waals surface area contributed by atoms with E-state index in [9.17, 15) is 5.11 Å². The SMILES string of the molecule is CCc1cc2c(Nc3cccc(C(C)O)c3)nc(Cc3ccccc3)nc2s1. The van der Waals surface area contributed by atoms with E-state index in [1.54, 1.807) is 18.3 Å². The fraction of sp³-hybridized carbons (Fsp3) is 0.217. The molecule has 0 spiro atoms. The van der Waals surface area contributed by atoms with E-state index in [0.29, 0.717) is 6.42 Å². The van der Waals surface area contributed by atoms with E-state index in [4.69, 9.17) is 9.97 Å². The number of fused-ring (bicyclic) bond motifs is 1. The zero-order valence-corrected chi connectivity index (χ0v) is 16.8. The van der Waals surface area contributed by atoms with Crippen molar-refractivity contribution in [3.63, 3.8) is 0 Å². The van der Waals surface area contributed by atoms with Crippen LogP contribution in [0.4, 0.5) is 11.5 Å². The minimum absolute atomic E-state index is 0.506. The van der Waals surface area contributed by atoms with Gasteiger partial charge in [0.15, 0.2) is 0 Å². The van der Waals surface area contributed by atoms with Gasteiger partial charge in [-0.05, 0) is 42.7 Å². The number of nitrogens with one attached hydrogen (secondary N) is 1. The molecule has 0 saturated carbocycles. The smallest absolute Gasteiger partial charge is 0.142 e. The number of benzene rings is 2. The predicted molar refractivity (Wildman–Crippen MR) is 116 cm³/mol. The number of aliphatic hydroxyl groups is 1. The van der Waals surface area contributed by atoms with Crippen molar-refractivity contribution in [2.45, 2.75) is 32.8 Å². The lowest BCUT2D eigenvalue weighted by Crippen LogP contribution is -2.02. The molecule has 4 nitrogen and oxygen atoms in total. The molecule has 0 amide bonds. The molecule has 2 N–H and O–H groups in total. The summed E-state index contributed by atoms with van der Waals surface area (Å²) >= 11 is 1.72. The fourth-order valence-corrected chi connectivity index (χ4v) is 4.14. The average Bonchev–Trinajstić information content (AvgIpc) is 3.12. The van der Waals surface area contributed by atoms with E-state index in [0.717, 1.165) is 39.5 Å². The van der Waals surface area contributed by atoms with Gasteiger partial charge in [0.1, 0.15) is 16.5 Å². The molecule has 1 unspecified atom stereocenters. The summed E-state index contributed by atoms with van der Waals surface area (Å²) in [6, 6.07) is 20.3. The third kappa shape index (κ3) is 4.06. The van der Waals surface area contributed by atoms with Crippen LogP contribution in [-0.4, -0.2) is 15.1 Å². The van der Waals surface area contributed by atoms with Crippen molar-refractivity contribution in [2.75, 3.05) is 5.32 Å². The van der Waals surface area contributed by atoms with Crippen molar-refractivity contribution in [3.8, 4) is 0 Å². The number of aliphatic hydroxyl groups excluding tert-OH is 1. The van der Waals surface area contributed by atoms with Gasteiger partial charge in [-0.3, -0.25) is 0 Å². The Labute approximate surface area is 168 Å². The Balaban J connectivity index is 1.74. The second-order valence-corrected chi connectivity index (χ2v) is 7.98. The minimum Gasteiger partial charge on any atom is -0.389 e. The van der Waals surface area contributed by atoms with Gasteiger partial charge in [0, 0.05) is 17.0 Å². The molecular weight excluding hydrogens is 366 g/mol. The number of nitrogens with zero attached hydrogens (tertiary/aromatic N) is 2. The Bertz CT molecular complexity index is 1090. The largest absolute Gasteiger partial charge is 0.389 e. The van der Waals surface area contributed by atoms with E-state index in [1.807, 2.05) is 42.5 Å². The van der Waals surface area contributed by atoms with Crippen LogP contribution >= 0.6 is 11.3 Å². The van der Waals surface area contributed by atoms with Crippen LogP contribution in [0.5, 0.6) is 0 Å². The van der Waals surface area contributed by atoms with Crippen molar-refractivity contribution in [2.24, 2.45) is 0 Å². The molecule has 2 aromatic carbocycles. The lowest BCUT2D eigenvalue weighted by molar-refractivity contribution is 0.199. The van der Waals surface area contributed by atoms with Gasteiger partial charge >= 0.3 is 0 Å². The van der Waals surface area contributed by atoms with E-state index in [-0.39, 0.29) is 0 Å². The Morgan fingerprint density at radius 2 is 1.86 bits per heavy atom. The van der Waals surface area contributed by atoms with Gasteiger partial charge in [-0.1, -0.05) is 49.4 Å². The van der Waals surface area contributed by atoms with Gasteiger partial charge < -0.3 is 10.4 Å². The first-order valence-electron chi connectivity index (χ1n) is 9.50. The normalized spacial score (nSPS) is 12.2. The highest BCUT2D eigenvalue weighted by Crippen LogP contribution is 2.32. The van der Waals surface area contributed by atoms with Crippen molar-refractivity contribution in [1.82, 2.24) is 9.97 Å². The predicted octanol–water partition coefficient (Wildman–Crippen LogP) is 5.64. The number of aromatic nitrogens is 2. The number of rotatable bonds is 6. The summed E-state index contributed by atoms with van der Waals surface area (Å²) < 4.78 is 0. The zero-order valence-electron chi connectivity index (χ0n) is 16.0. The van der Waals surface area contributed by atoms with Crippen LogP contribution in [0, 0.1) is 0 Å². The maximum absolute atomic E-state index is 9.88. The maximum Gasteiger partial charge on any atom is 0.142 e. The highest BCUT2D eigenvalue weighted by Gasteiger charge is 2.13. The van der Waals surface area contributed by atoms with Gasteiger partial charge in [0.25, 0.3) is 0 Å². The second-order valence-electron chi connectivity index (χ2n) is 6.86. The van der Waals surface area contributed by atoms with Gasteiger partial charge in [0.05, 0.1) is 11.5 Å². The van der Waals surface area contributed by atoms with E-state index in [2.05, 4.69) is 30.4 Å². The van der Waals surface area contributed by atoms with Crippen LogP contribution < -0.4 is 5.32 Å². The molecule has 5 heteroatoms. The Hall–Kier alpha value is -2.76. The maximum atomic E-state index is 9.88. The molecule has 2 aromatic heterocycles. The lowest BCUT2D eigenvalue weighted by atomic mass is 10.1. The molecule has 4 aromatic rings. The Morgan fingerprint density at radius 3 is 2.61 bits per heavy atom. The molecule has 28 heavy (non-hydrogen) atoms. The topological polar surface area (TPSA) is 58.0 Å².